The van der Waals surface area contributed by atoms with Crippen molar-refractivity contribution in [3.05, 3.63) is 29.1 Å². The highest BCUT2D eigenvalue weighted by Crippen LogP contribution is 2.60. The first-order chi connectivity index (χ1) is 15.9. The van der Waals surface area contributed by atoms with Gasteiger partial charge >= 0.3 is 5.97 Å². The minimum absolute atomic E-state index is 0.0281. The van der Waals surface area contributed by atoms with Crippen molar-refractivity contribution in [1.29, 1.82) is 0 Å². The minimum atomic E-state index is -0.743. The average Bonchev–Trinajstić information content (AvgIpc) is 3.67. The molecule has 0 saturated heterocycles. The summed E-state index contributed by atoms with van der Waals surface area (Å²) < 4.78 is 26.7. The Bertz CT molecular complexity index is 939. The normalized spacial score (nSPS) is 33.1. The van der Waals surface area contributed by atoms with Gasteiger partial charge in [0, 0.05) is 17.9 Å². The summed E-state index contributed by atoms with van der Waals surface area (Å²) in [5, 5.41) is 0. The maximum absolute atomic E-state index is 15.2. The van der Waals surface area contributed by atoms with E-state index in [9.17, 15) is 9.59 Å². The van der Waals surface area contributed by atoms with Crippen molar-refractivity contribution in [3.63, 3.8) is 0 Å². The summed E-state index contributed by atoms with van der Waals surface area (Å²) in [6.45, 7) is 2.74. The molecule has 0 radical (unpaired) electrons. The first-order valence-electron chi connectivity index (χ1n) is 13.1. The van der Waals surface area contributed by atoms with Gasteiger partial charge in [0.25, 0.3) is 0 Å². The number of halogens is 1. The zero-order chi connectivity index (χ0) is 22.8. The zero-order valence-electron chi connectivity index (χ0n) is 19.7. The monoisotopic (exact) mass is 454 g/mol. The van der Waals surface area contributed by atoms with Gasteiger partial charge in [-0.25, -0.2) is 4.39 Å². The predicted octanol–water partition coefficient (Wildman–Crippen LogP) is 6.21. The van der Waals surface area contributed by atoms with E-state index < -0.39 is 11.2 Å². The molecule has 7 rings (SSSR count). The molecule has 33 heavy (non-hydrogen) atoms. The molecule has 0 N–H and O–H groups in total. The standard InChI is InChI=1S/C28H35FO4/c1-2-32-26(31)28(5-6-28)15-24(30)22-10-21(20-3-4-20)25(11-23(22)29)33-16-27-12-17-7-18(13-27)9-19(8-17)14-27/h10-11,17-20H,2-9,12-16H2,1H3. The van der Waals surface area contributed by atoms with Gasteiger partial charge in [-0.1, -0.05) is 0 Å². The third kappa shape index (κ3) is 4.00. The molecule has 1 aromatic rings. The maximum Gasteiger partial charge on any atom is 0.312 e. The molecule has 0 unspecified atom stereocenters. The number of hydrogen-bond donors (Lipinski definition) is 0. The van der Waals surface area contributed by atoms with Crippen LogP contribution in [0, 0.1) is 34.4 Å². The summed E-state index contributed by atoms with van der Waals surface area (Å²) in [6, 6.07) is 3.18. The molecular weight excluding hydrogens is 419 g/mol. The molecule has 0 atom stereocenters. The fourth-order valence-electron chi connectivity index (χ4n) is 7.61. The first kappa shape index (κ1) is 21.6. The Labute approximate surface area is 195 Å². The molecule has 178 valence electrons. The fourth-order valence-corrected chi connectivity index (χ4v) is 7.61. The molecule has 0 amide bonds. The first-order valence-corrected chi connectivity index (χ1v) is 13.1. The van der Waals surface area contributed by atoms with Gasteiger partial charge in [0.15, 0.2) is 5.78 Å². The Morgan fingerprint density at radius 3 is 2.21 bits per heavy atom. The highest BCUT2D eigenvalue weighted by Gasteiger charge is 2.53. The second-order valence-corrected chi connectivity index (χ2v) is 12.0. The van der Waals surface area contributed by atoms with Crippen molar-refractivity contribution < 1.29 is 23.5 Å². The van der Waals surface area contributed by atoms with Crippen LogP contribution in [-0.2, 0) is 9.53 Å². The third-order valence-corrected chi connectivity index (χ3v) is 9.18. The Morgan fingerprint density at radius 1 is 1.03 bits per heavy atom. The number of esters is 1. The van der Waals surface area contributed by atoms with Gasteiger partial charge < -0.3 is 9.47 Å². The number of carbonyl (C=O) groups is 2. The van der Waals surface area contributed by atoms with Crippen molar-refractivity contribution in [2.45, 2.75) is 83.5 Å². The molecule has 0 aliphatic heterocycles. The lowest BCUT2D eigenvalue weighted by molar-refractivity contribution is -0.149. The second kappa shape index (κ2) is 7.81. The predicted molar refractivity (Wildman–Crippen MR) is 122 cm³/mol. The molecular formula is C28H35FO4. The van der Waals surface area contributed by atoms with Crippen LogP contribution in [0.2, 0.25) is 0 Å². The maximum atomic E-state index is 15.2. The van der Waals surface area contributed by atoms with E-state index in [1.807, 2.05) is 0 Å². The summed E-state index contributed by atoms with van der Waals surface area (Å²) in [7, 11) is 0. The van der Waals surface area contributed by atoms with Crippen molar-refractivity contribution in [2.75, 3.05) is 13.2 Å². The van der Waals surface area contributed by atoms with E-state index in [0.29, 0.717) is 37.7 Å². The van der Waals surface area contributed by atoms with E-state index >= 15 is 4.39 Å². The van der Waals surface area contributed by atoms with Crippen molar-refractivity contribution in [2.24, 2.45) is 28.6 Å². The number of rotatable bonds is 9. The van der Waals surface area contributed by atoms with E-state index in [2.05, 4.69) is 0 Å². The SMILES string of the molecule is CCOC(=O)C1(CC(=O)c2cc(C3CC3)c(OCC34CC5CC(CC(C5)C3)C4)cc2F)CC1. The van der Waals surface area contributed by atoms with E-state index in [1.165, 1.54) is 44.6 Å². The van der Waals surface area contributed by atoms with Crippen LogP contribution in [0.5, 0.6) is 5.75 Å². The summed E-state index contributed by atoms with van der Waals surface area (Å²) in [5.74, 6) is 2.40. The number of ether oxygens (including phenoxy) is 2. The van der Waals surface area contributed by atoms with E-state index in [4.69, 9.17) is 9.47 Å². The number of carbonyl (C=O) groups excluding carboxylic acids is 2. The molecule has 6 saturated carbocycles. The van der Waals surface area contributed by atoms with Crippen molar-refractivity contribution in [1.82, 2.24) is 0 Å². The van der Waals surface area contributed by atoms with Crippen LogP contribution < -0.4 is 4.74 Å². The van der Waals surface area contributed by atoms with Gasteiger partial charge in [-0.3, -0.25) is 9.59 Å². The van der Waals surface area contributed by atoms with Crippen LogP contribution in [-0.4, -0.2) is 25.0 Å². The van der Waals surface area contributed by atoms with Crippen molar-refractivity contribution >= 4 is 11.8 Å². The summed E-state index contributed by atoms with van der Waals surface area (Å²) in [5.41, 5.74) is 0.603. The minimum Gasteiger partial charge on any atom is -0.493 e. The molecule has 5 heteroatoms. The van der Waals surface area contributed by atoms with Gasteiger partial charge in [0.05, 0.1) is 24.2 Å². The zero-order valence-corrected chi connectivity index (χ0v) is 19.7. The van der Waals surface area contributed by atoms with Crippen LogP contribution in [0.1, 0.15) is 99.4 Å². The summed E-state index contributed by atoms with van der Waals surface area (Å²) in [4.78, 5) is 25.3. The highest BCUT2D eigenvalue weighted by molar-refractivity contribution is 6.00. The average molecular weight is 455 g/mol. The molecule has 6 aliphatic carbocycles. The molecule has 0 heterocycles. The van der Waals surface area contributed by atoms with Crippen LogP contribution >= 0.6 is 0 Å². The van der Waals surface area contributed by atoms with Gasteiger partial charge in [-0.15, -0.1) is 0 Å². The highest BCUT2D eigenvalue weighted by atomic mass is 19.1. The van der Waals surface area contributed by atoms with E-state index in [-0.39, 0.29) is 29.2 Å². The third-order valence-electron chi connectivity index (χ3n) is 9.18. The van der Waals surface area contributed by atoms with E-state index in [0.717, 1.165) is 36.2 Å². The number of hydrogen-bond acceptors (Lipinski definition) is 4. The molecule has 6 aliphatic rings. The molecule has 0 aromatic heterocycles. The van der Waals surface area contributed by atoms with Crippen LogP contribution in [0.4, 0.5) is 4.39 Å². The van der Waals surface area contributed by atoms with Crippen molar-refractivity contribution in [3.8, 4) is 5.75 Å². The number of ketones is 1. The Hall–Kier alpha value is -1.91. The lowest BCUT2D eigenvalue weighted by atomic mass is 9.50. The molecule has 4 nitrogen and oxygen atoms in total. The summed E-state index contributed by atoms with van der Waals surface area (Å²) >= 11 is 0. The molecule has 1 aromatic carbocycles. The van der Waals surface area contributed by atoms with Gasteiger partial charge in [0.1, 0.15) is 11.6 Å². The topological polar surface area (TPSA) is 52.6 Å². The lowest BCUT2D eigenvalue weighted by Crippen LogP contribution is -2.48. The Kier molecular flexibility index (Phi) is 5.12. The van der Waals surface area contributed by atoms with E-state index in [1.54, 1.807) is 13.0 Å². The number of Topliss-reactive ketones (excluding diaryl/α,β-unsaturated/α-hetero) is 1. The van der Waals surface area contributed by atoms with Gasteiger partial charge in [0.2, 0.25) is 0 Å². The smallest absolute Gasteiger partial charge is 0.312 e. The largest absolute Gasteiger partial charge is 0.493 e. The van der Waals surface area contributed by atoms with Gasteiger partial charge in [-0.05, 0) is 106 Å². The Balaban J connectivity index is 1.20. The van der Waals surface area contributed by atoms with Crippen LogP contribution in [0.15, 0.2) is 12.1 Å². The van der Waals surface area contributed by atoms with Gasteiger partial charge in [-0.2, -0.15) is 0 Å². The quantitative estimate of drug-likeness (QED) is 0.329. The summed E-state index contributed by atoms with van der Waals surface area (Å²) in [6.07, 6.45) is 11.4. The number of benzene rings is 1. The van der Waals surface area contributed by atoms with Crippen LogP contribution in [0.3, 0.4) is 0 Å². The molecule has 6 fully saturated rings. The molecule has 4 bridgehead atoms. The second-order valence-electron chi connectivity index (χ2n) is 12.0. The lowest BCUT2D eigenvalue weighted by Gasteiger charge is -2.56. The van der Waals surface area contributed by atoms with Crippen LogP contribution in [0.25, 0.3) is 0 Å². The fraction of sp³-hybridized carbons (Fsp3) is 0.714. The Morgan fingerprint density at radius 2 is 1.67 bits per heavy atom. The molecule has 0 spiro atoms.